The third-order valence-corrected chi connectivity index (χ3v) is 5.27. The number of carbonyl (C=O) groups excluding carboxylic acids is 1. The zero-order valence-corrected chi connectivity index (χ0v) is 17.2. The summed E-state index contributed by atoms with van der Waals surface area (Å²) in [4.78, 5) is 33.5. The number of pyridine rings is 1. The molecule has 1 aromatic carbocycles. The Kier molecular flexibility index (Phi) is 5.72. The Morgan fingerprint density at radius 3 is 2.87 bits per heavy atom. The molecular weight excluding hydrogens is 418 g/mol. The molecule has 0 fully saturated rings. The Morgan fingerprint density at radius 1 is 1.26 bits per heavy atom. The van der Waals surface area contributed by atoms with Crippen molar-refractivity contribution in [2.24, 2.45) is 0 Å². The first-order valence-corrected chi connectivity index (χ1v) is 10.0. The number of carbonyl (C=O) groups is 1. The minimum absolute atomic E-state index is 0.129. The number of rotatable bonds is 6. The summed E-state index contributed by atoms with van der Waals surface area (Å²) in [7, 11) is 1.46. The molecule has 4 aromatic rings. The van der Waals surface area contributed by atoms with Crippen molar-refractivity contribution in [1.82, 2.24) is 25.1 Å². The summed E-state index contributed by atoms with van der Waals surface area (Å²) in [5.41, 5.74) is 1.00. The maximum Gasteiger partial charge on any atom is 0.275 e. The van der Waals surface area contributed by atoms with Gasteiger partial charge in [0.1, 0.15) is 16.4 Å². The van der Waals surface area contributed by atoms with Crippen LogP contribution in [0.25, 0.3) is 16.3 Å². The van der Waals surface area contributed by atoms with Crippen molar-refractivity contribution in [3.63, 3.8) is 0 Å². The molecule has 0 aliphatic carbocycles. The summed E-state index contributed by atoms with van der Waals surface area (Å²) >= 11 is 1.43. The number of ether oxygens (including phenoxy) is 1. The van der Waals surface area contributed by atoms with Gasteiger partial charge in [-0.2, -0.15) is 9.78 Å². The Labute approximate surface area is 180 Å². The zero-order chi connectivity index (χ0) is 21.8. The quantitative estimate of drug-likeness (QED) is 0.477. The molecule has 0 atom stereocenters. The number of nitrogens with one attached hydrogen (secondary N) is 1. The molecule has 9 nitrogen and oxygen atoms in total. The van der Waals surface area contributed by atoms with E-state index in [2.05, 4.69) is 20.4 Å². The van der Waals surface area contributed by atoms with Crippen LogP contribution in [0.5, 0.6) is 11.5 Å². The van der Waals surface area contributed by atoms with Gasteiger partial charge in [-0.05, 0) is 24.3 Å². The van der Waals surface area contributed by atoms with E-state index in [0.717, 1.165) is 21.3 Å². The number of nitrogens with zero attached hydrogens (tertiary/aromatic N) is 4. The predicted octanol–water partition coefficient (Wildman–Crippen LogP) is 2.40. The van der Waals surface area contributed by atoms with E-state index in [9.17, 15) is 14.7 Å². The summed E-state index contributed by atoms with van der Waals surface area (Å²) in [5.74, 6) is -0.750. The maximum absolute atomic E-state index is 12.7. The summed E-state index contributed by atoms with van der Waals surface area (Å²) < 4.78 is 6.27. The maximum atomic E-state index is 12.7. The number of hydrogen-bond acceptors (Lipinski definition) is 8. The van der Waals surface area contributed by atoms with Crippen molar-refractivity contribution in [1.29, 1.82) is 0 Å². The number of aromatic nitrogens is 4. The molecule has 156 valence electrons. The van der Waals surface area contributed by atoms with Gasteiger partial charge in [-0.15, -0.1) is 11.3 Å². The molecule has 0 spiro atoms. The van der Waals surface area contributed by atoms with Crippen LogP contribution in [-0.4, -0.2) is 37.9 Å². The van der Waals surface area contributed by atoms with E-state index in [1.165, 1.54) is 18.4 Å². The topological polar surface area (TPSA) is 119 Å². The van der Waals surface area contributed by atoms with Gasteiger partial charge in [0.05, 0.1) is 19.3 Å². The van der Waals surface area contributed by atoms with E-state index < -0.39 is 17.2 Å². The van der Waals surface area contributed by atoms with Crippen LogP contribution >= 0.6 is 11.3 Å². The minimum Gasteiger partial charge on any atom is -0.505 e. The van der Waals surface area contributed by atoms with Gasteiger partial charge >= 0.3 is 0 Å². The molecule has 2 N–H and O–H groups in total. The van der Waals surface area contributed by atoms with Crippen LogP contribution in [0.3, 0.4) is 0 Å². The van der Waals surface area contributed by atoms with Gasteiger partial charge in [-0.1, -0.05) is 12.1 Å². The van der Waals surface area contributed by atoms with Crippen molar-refractivity contribution in [2.75, 3.05) is 7.11 Å². The average Bonchev–Trinajstić information content (AvgIpc) is 3.27. The second-order valence-electron chi connectivity index (χ2n) is 6.37. The number of thiazole rings is 1. The van der Waals surface area contributed by atoms with Crippen LogP contribution in [0.1, 0.15) is 16.2 Å². The molecule has 0 radical (unpaired) electrons. The predicted molar refractivity (Wildman–Crippen MR) is 115 cm³/mol. The zero-order valence-electron chi connectivity index (χ0n) is 16.3. The van der Waals surface area contributed by atoms with E-state index >= 15 is 0 Å². The smallest absolute Gasteiger partial charge is 0.275 e. The second kappa shape index (κ2) is 8.76. The number of amides is 1. The molecule has 0 aliphatic rings. The summed E-state index contributed by atoms with van der Waals surface area (Å²) in [6, 6.07) is 11.4. The molecule has 4 rings (SSSR count). The van der Waals surface area contributed by atoms with E-state index in [4.69, 9.17) is 4.74 Å². The van der Waals surface area contributed by atoms with Crippen LogP contribution in [0.2, 0.25) is 0 Å². The van der Waals surface area contributed by atoms with Crippen LogP contribution in [0.4, 0.5) is 0 Å². The molecule has 3 heterocycles. The number of methoxy groups -OCH3 is 1. The second-order valence-corrected chi connectivity index (χ2v) is 7.23. The van der Waals surface area contributed by atoms with E-state index in [1.54, 1.807) is 36.7 Å². The van der Waals surface area contributed by atoms with Gasteiger partial charge < -0.3 is 15.2 Å². The third-order valence-electron chi connectivity index (χ3n) is 4.33. The molecule has 0 unspecified atom stereocenters. The first-order chi connectivity index (χ1) is 15.1. The standard InChI is InChI=1S/C21H17N5O4S/c1-30-17-7-3-2-6-15(17)26-18(28)9-16(27)19(25-26)20(29)23-11-14-12-31-21(24-14)13-5-4-8-22-10-13/h2-10,12,27H,11H2,1H3,(H,23,29). The van der Waals surface area contributed by atoms with Crippen molar-refractivity contribution < 1.29 is 14.6 Å². The Morgan fingerprint density at radius 2 is 2.10 bits per heavy atom. The van der Waals surface area contributed by atoms with Gasteiger partial charge in [0.25, 0.3) is 11.5 Å². The van der Waals surface area contributed by atoms with Crippen LogP contribution < -0.4 is 15.6 Å². The van der Waals surface area contributed by atoms with E-state index in [-0.39, 0.29) is 12.2 Å². The van der Waals surface area contributed by atoms with Crippen molar-refractivity contribution in [3.8, 4) is 27.8 Å². The molecule has 1 amide bonds. The fourth-order valence-corrected chi connectivity index (χ4v) is 3.66. The summed E-state index contributed by atoms with van der Waals surface area (Å²) in [5, 5.41) is 19.4. The largest absolute Gasteiger partial charge is 0.505 e. The van der Waals surface area contributed by atoms with Gasteiger partial charge in [-0.3, -0.25) is 14.6 Å². The van der Waals surface area contributed by atoms with Gasteiger partial charge in [0, 0.05) is 29.4 Å². The van der Waals surface area contributed by atoms with Crippen LogP contribution in [0, 0.1) is 0 Å². The fourth-order valence-electron chi connectivity index (χ4n) is 2.85. The van der Waals surface area contributed by atoms with Gasteiger partial charge in [-0.25, -0.2) is 4.98 Å². The summed E-state index contributed by atoms with van der Waals surface area (Å²) in [6.45, 7) is 0.129. The fraction of sp³-hybridized carbons (Fsp3) is 0.0952. The summed E-state index contributed by atoms with van der Waals surface area (Å²) in [6.07, 6.45) is 3.40. The van der Waals surface area contributed by atoms with Crippen molar-refractivity contribution >= 4 is 17.2 Å². The Hall–Kier alpha value is -4.05. The average molecular weight is 435 g/mol. The molecule has 0 bridgehead atoms. The molecule has 10 heteroatoms. The van der Waals surface area contributed by atoms with Crippen LogP contribution in [-0.2, 0) is 6.54 Å². The molecule has 0 aliphatic heterocycles. The van der Waals surface area contributed by atoms with E-state index in [0.29, 0.717) is 17.1 Å². The highest BCUT2D eigenvalue weighted by Gasteiger charge is 2.18. The molecule has 3 aromatic heterocycles. The Bertz CT molecular complexity index is 1290. The molecule has 0 saturated carbocycles. The first kappa shape index (κ1) is 20.2. The lowest BCUT2D eigenvalue weighted by atomic mass is 10.3. The lowest BCUT2D eigenvalue weighted by Crippen LogP contribution is -2.29. The van der Waals surface area contributed by atoms with Gasteiger partial charge in [0.15, 0.2) is 11.4 Å². The van der Waals surface area contributed by atoms with Crippen LogP contribution in [0.15, 0.2) is 65.0 Å². The SMILES string of the molecule is COc1ccccc1-n1nc(C(=O)NCc2csc(-c3cccnc3)n2)c(O)cc1=O. The molecule has 31 heavy (non-hydrogen) atoms. The van der Waals surface area contributed by atoms with Gasteiger partial charge in [0.2, 0.25) is 0 Å². The Balaban J connectivity index is 1.55. The van der Waals surface area contributed by atoms with Crippen molar-refractivity contribution in [2.45, 2.75) is 6.54 Å². The molecular formula is C21H17N5O4S. The normalized spacial score (nSPS) is 10.6. The minimum atomic E-state index is -0.642. The first-order valence-electron chi connectivity index (χ1n) is 9.16. The van der Waals surface area contributed by atoms with Crippen molar-refractivity contribution in [3.05, 3.63) is 82.0 Å². The highest BCUT2D eigenvalue weighted by molar-refractivity contribution is 7.13. The highest BCUT2D eigenvalue weighted by Crippen LogP contribution is 2.23. The molecule has 0 saturated heterocycles. The number of para-hydroxylation sites is 2. The monoisotopic (exact) mass is 435 g/mol. The highest BCUT2D eigenvalue weighted by atomic mass is 32.1. The number of aromatic hydroxyl groups is 1. The third kappa shape index (κ3) is 4.28. The lowest BCUT2D eigenvalue weighted by Gasteiger charge is -2.11. The lowest BCUT2D eigenvalue weighted by molar-refractivity contribution is 0.0940. The number of benzene rings is 1. The van der Waals surface area contributed by atoms with E-state index in [1.807, 2.05) is 17.5 Å². The number of hydrogen-bond donors (Lipinski definition) is 2.